The zero-order chi connectivity index (χ0) is 12.3. The van der Waals surface area contributed by atoms with Crippen molar-refractivity contribution in [3.05, 3.63) is 16.1 Å². The van der Waals surface area contributed by atoms with Gasteiger partial charge in [0.1, 0.15) is 0 Å². The van der Waals surface area contributed by atoms with E-state index >= 15 is 0 Å². The normalized spacial score (nSPS) is 26.3. The van der Waals surface area contributed by atoms with E-state index in [1.54, 1.807) is 11.3 Å². The molecule has 1 aliphatic rings. The third kappa shape index (κ3) is 3.95. The zero-order valence-electron chi connectivity index (χ0n) is 10.6. The molecule has 0 aliphatic carbocycles. The molecule has 17 heavy (non-hydrogen) atoms. The number of hydrogen-bond acceptors (Lipinski definition) is 5. The van der Waals surface area contributed by atoms with Gasteiger partial charge >= 0.3 is 0 Å². The van der Waals surface area contributed by atoms with Crippen LogP contribution in [0.5, 0.6) is 0 Å². The van der Waals surface area contributed by atoms with E-state index < -0.39 is 0 Å². The van der Waals surface area contributed by atoms with Crippen LogP contribution in [-0.4, -0.2) is 40.0 Å². The minimum atomic E-state index is 0.696. The summed E-state index contributed by atoms with van der Waals surface area (Å²) in [7, 11) is 0. The van der Waals surface area contributed by atoms with Gasteiger partial charge in [0.2, 0.25) is 0 Å². The lowest BCUT2D eigenvalue weighted by atomic mass is 10.3. The Kier molecular flexibility index (Phi) is 4.85. The van der Waals surface area contributed by atoms with E-state index in [2.05, 4.69) is 40.9 Å². The number of nitrogens with two attached hydrogens (primary N) is 1. The Morgan fingerprint density at radius 2 is 2.12 bits per heavy atom. The standard InChI is InChI=1S/C12H21N3S2/c1-9-5-15(6-10(2)17-9)7-11-8-16-12(14-11)3-4-13/h8-10H,3-7,13H2,1-2H3. The molecule has 0 bridgehead atoms. The van der Waals surface area contributed by atoms with Crippen molar-refractivity contribution >= 4 is 23.1 Å². The highest BCUT2D eigenvalue weighted by atomic mass is 32.2. The third-order valence-electron chi connectivity index (χ3n) is 2.84. The number of thioether (sulfide) groups is 1. The molecule has 0 aromatic carbocycles. The van der Waals surface area contributed by atoms with Gasteiger partial charge in [-0.15, -0.1) is 11.3 Å². The predicted octanol–water partition coefficient (Wildman–Crippen LogP) is 1.97. The van der Waals surface area contributed by atoms with Gasteiger partial charge in [-0.3, -0.25) is 4.90 Å². The molecule has 1 aromatic rings. The summed E-state index contributed by atoms with van der Waals surface area (Å²) in [4.78, 5) is 7.16. The highest BCUT2D eigenvalue weighted by Gasteiger charge is 2.22. The first kappa shape index (κ1) is 13.3. The lowest BCUT2D eigenvalue weighted by Crippen LogP contribution is -2.39. The maximum Gasteiger partial charge on any atom is 0.0941 e. The second-order valence-electron chi connectivity index (χ2n) is 4.72. The van der Waals surface area contributed by atoms with Crippen LogP contribution in [0.3, 0.4) is 0 Å². The summed E-state index contributed by atoms with van der Waals surface area (Å²) in [5.41, 5.74) is 6.76. The lowest BCUT2D eigenvalue weighted by molar-refractivity contribution is 0.260. The maximum absolute atomic E-state index is 5.54. The van der Waals surface area contributed by atoms with E-state index in [1.165, 1.54) is 23.8 Å². The van der Waals surface area contributed by atoms with E-state index in [9.17, 15) is 0 Å². The molecule has 2 atom stereocenters. The quantitative estimate of drug-likeness (QED) is 0.909. The Morgan fingerprint density at radius 3 is 2.76 bits per heavy atom. The summed E-state index contributed by atoms with van der Waals surface area (Å²) in [6.45, 7) is 8.68. The molecule has 1 aliphatic heterocycles. The zero-order valence-corrected chi connectivity index (χ0v) is 12.2. The van der Waals surface area contributed by atoms with E-state index in [0.717, 1.165) is 23.5 Å². The number of nitrogens with zero attached hydrogens (tertiary/aromatic N) is 2. The Labute approximate surface area is 112 Å². The molecule has 3 nitrogen and oxygen atoms in total. The molecule has 0 amide bonds. The SMILES string of the molecule is CC1CN(Cc2csc(CCN)n2)CC(C)S1. The highest BCUT2D eigenvalue weighted by molar-refractivity contribution is 8.00. The molecule has 0 spiro atoms. The summed E-state index contributed by atoms with van der Waals surface area (Å²) in [5.74, 6) is 0. The molecule has 1 aromatic heterocycles. The lowest BCUT2D eigenvalue weighted by Gasteiger charge is -2.34. The molecule has 0 saturated carbocycles. The Balaban J connectivity index is 1.90. The van der Waals surface area contributed by atoms with Crippen LogP contribution in [0.1, 0.15) is 24.5 Å². The Morgan fingerprint density at radius 1 is 1.41 bits per heavy atom. The summed E-state index contributed by atoms with van der Waals surface area (Å²) >= 11 is 3.83. The van der Waals surface area contributed by atoms with Crippen molar-refractivity contribution in [3.8, 4) is 0 Å². The Bertz CT molecular complexity index is 343. The van der Waals surface area contributed by atoms with Crippen LogP contribution < -0.4 is 5.73 Å². The van der Waals surface area contributed by atoms with Gasteiger partial charge in [0.05, 0.1) is 10.7 Å². The number of rotatable bonds is 4. The molecule has 1 fully saturated rings. The topological polar surface area (TPSA) is 42.1 Å². The monoisotopic (exact) mass is 271 g/mol. The van der Waals surface area contributed by atoms with Crippen LogP contribution in [0.2, 0.25) is 0 Å². The fraction of sp³-hybridized carbons (Fsp3) is 0.750. The van der Waals surface area contributed by atoms with Gasteiger partial charge < -0.3 is 5.73 Å². The van der Waals surface area contributed by atoms with Crippen molar-refractivity contribution in [2.45, 2.75) is 37.3 Å². The van der Waals surface area contributed by atoms with Gasteiger partial charge in [-0.25, -0.2) is 4.98 Å². The molecule has 96 valence electrons. The van der Waals surface area contributed by atoms with Crippen molar-refractivity contribution in [3.63, 3.8) is 0 Å². The molecule has 2 N–H and O–H groups in total. The van der Waals surface area contributed by atoms with Gasteiger partial charge in [0.15, 0.2) is 0 Å². The van der Waals surface area contributed by atoms with Gasteiger partial charge in [-0.05, 0) is 6.54 Å². The molecule has 0 radical (unpaired) electrons. The fourth-order valence-corrected chi connectivity index (χ4v) is 4.49. The molecule has 1 saturated heterocycles. The molecular weight excluding hydrogens is 250 g/mol. The second-order valence-corrected chi connectivity index (χ2v) is 7.55. The van der Waals surface area contributed by atoms with E-state index in [0.29, 0.717) is 6.54 Å². The van der Waals surface area contributed by atoms with Crippen LogP contribution >= 0.6 is 23.1 Å². The summed E-state index contributed by atoms with van der Waals surface area (Å²) in [6.07, 6.45) is 0.910. The van der Waals surface area contributed by atoms with E-state index in [1.807, 2.05) is 0 Å². The average molecular weight is 271 g/mol. The largest absolute Gasteiger partial charge is 0.330 e. The van der Waals surface area contributed by atoms with Crippen molar-refractivity contribution < 1.29 is 0 Å². The number of thiazole rings is 1. The highest BCUT2D eigenvalue weighted by Crippen LogP contribution is 2.25. The van der Waals surface area contributed by atoms with Crippen molar-refractivity contribution in [1.29, 1.82) is 0 Å². The number of hydrogen-bond donors (Lipinski definition) is 1. The maximum atomic E-state index is 5.54. The predicted molar refractivity (Wildman–Crippen MR) is 76.7 cm³/mol. The van der Waals surface area contributed by atoms with Gasteiger partial charge in [0, 0.05) is 41.9 Å². The van der Waals surface area contributed by atoms with Crippen molar-refractivity contribution in [1.82, 2.24) is 9.88 Å². The second kappa shape index (κ2) is 6.18. The van der Waals surface area contributed by atoms with Crippen LogP contribution in [0.25, 0.3) is 0 Å². The van der Waals surface area contributed by atoms with Gasteiger partial charge in [0.25, 0.3) is 0 Å². The Hall–Kier alpha value is -0.100. The van der Waals surface area contributed by atoms with E-state index in [4.69, 9.17) is 5.73 Å². The van der Waals surface area contributed by atoms with Crippen LogP contribution in [0, 0.1) is 0 Å². The van der Waals surface area contributed by atoms with Crippen LogP contribution in [-0.2, 0) is 13.0 Å². The summed E-state index contributed by atoms with van der Waals surface area (Å²) < 4.78 is 0. The fourth-order valence-electron chi connectivity index (χ4n) is 2.30. The van der Waals surface area contributed by atoms with E-state index in [-0.39, 0.29) is 0 Å². The molecular formula is C12H21N3S2. The first-order chi connectivity index (χ1) is 8.17. The molecule has 5 heteroatoms. The van der Waals surface area contributed by atoms with Gasteiger partial charge in [-0.1, -0.05) is 13.8 Å². The minimum absolute atomic E-state index is 0.696. The molecule has 2 rings (SSSR count). The third-order valence-corrected chi connectivity index (χ3v) is 5.02. The first-order valence-corrected chi connectivity index (χ1v) is 8.00. The van der Waals surface area contributed by atoms with Crippen molar-refractivity contribution in [2.24, 2.45) is 5.73 Å². The molecule has 2 heterocycles. The van der Waals surface area contributed by atoms with Crippen molar-refractivity contribution in [2.75, 3.05) is 19.6 Å². The first-order valence-electron chi connectivity index (χ1n) is 6.18. The van der Waals surface area contributed by atoms with Crippen LogP contribution in [0.15, 0.2) is 5.38 Å². The van der Waals surface area contributed by atoms with Gasteiger partial charge in [-0.2, -0.15) is 11.8 Å². The summed E-state index contributed by atoms with van der Waals surface area (Å²) in [6, 6.07) is 0. The smallest absolute Gasteiger partial charge is 0.0941 e. The van der Waals surface area contributed by atoms with Crippen LogP contribution in [0.4, 0.5) is 0 Å². The minimum Gasteiger partial charge on any atom is -0.330 e. The molecule has 2 unspecified atom stereocenters. The summed E-state index contributed by atoms with van der Waals surface area (Å²) in [5, 5.41) is 4.83. The average Bonchev–Trinajstić information content (AvgIpc) is 2.64. The number of aromatic nitrogens is 1.